The van der Waals surface area contributed by atoms with Gasteiger partial charge in [0.1, 0.15) is 0 Å². The van der Waals surface area contributed by atoms with Crippen molar-refractivity contribution >= 4 is 0 Å². The maximum Gasteiger partial charge on any atom is 0.0593 e. The molecule has 0 radical (unpaired) electrons. The molecule has 2 rings (SSSR count). The van der Waals surface area contributed by atoms with Gasteiger partial charge in [-0.2, -0.15) is 0 Å². The molecule has 0 fully saturated rings. The highest BCUT2D eigenvalue weighted by Gasteiger charge is 2.16. The smallest absolute Gasteiger partial charge is 0.0593 e. The molecule has 0 aliphatic carbocycles. The van der Waals surface area contributed by atoms with Gasteiger partial charge in [-0.3, -0.25) is 0 Å². The number of ether oxygens (including phenoxy) is 1. The van der Waals surface area contributed by atoms with E-state index in [1.165, 1.54) is 11.1 Å². The van der Waals surface area contributed by atoms with E-state index in [9.17, 15) is 0 Å². The second-order valence-corrected chi connectivity index (χ2v) is 5.59. The predicted octanol–water partition coefficient (Wildman–Crippen LogP) is 1.39. The number of hydrogen-bond donors (Lipinski definition) is 2. The van der Waals surface area contributed by atoms with E-state index in [0.717, 1.165) is 45.8 Å². The van der Waals surface area contributed by atoms with Crippen LogP contribution in [0.1, 0.15) is 23.6 Å². The molecule has 0 saturated heterocycles. The second-order valence-electron chi connectivity index (χ2n) is 5.59. The first-order valence-electron chi connectivity index (χ1n) is 7.52. The fourth-order valence-electron chi connectivity index (χ4n) is 2.53. The quantitative estimate of drug-likeness (QED) is 0.739. The molecule has 0 amide bonds. The third kappa shape index (κ3) is 4.87. The summed E-state index contributed by atoms with van der Waals surface area (Å²) < 4.78 is 5.63. The number of fused-ring (bicyclic) bond motifs is 1. The van der Waals surface area contributed by atoms with Crippen molar-refractivity contribution in [1.82, 2.24) is 15.5 Å². The summed E-state index contributed by atoms with van der Waals surface area (Å²) in [6.07, 6.45) is 1.13. The van der Waals surface area contributed by atoms with Gasteiger partial charge in [0, 0.05) is 25.7 Å². The highest BCUT2D eigenvalue weighted by molar-refractivity contribution is 5.30. The van der Waals surface area contributed by atoms with Crippen LogP contribution in [0.4, 0.5) is 0 Å². The first-order chi connectivity index (χ1) is 9.77. The van der Waals surface area contributed by atoms with Gasteiger partial charge < -0.3 is 20.3 Å². The first kappa shape index (κ1) is 15.4. The summed E-state index contributed by atoms with van der Waals surface area (Å²) in [6, 6.07) is 9.15. The van der Waals surface area contributed by atoms with Crippen LogP contribution in [-0.4, -0.2) is 51.8 Å². The Kier molecular flexibility index (Phi) is 6.47. The van der Waals surface area contributed by atoms with E-state index >= 15 is 0 Å². The van der Waals surface area contributed by atoms with Crippen LogP contribution < -0.4 is 10.6 Å². The third-order valence-corrected chi connectivity index (χ3v) is 3.68. The number of likely N-dealkylation sites (N-methyl/N-ethyl adjacent to an activating group) is 1. The van der Waals surface area contributed by atoms with Gasteiger partial charge in [0.25, 0.3) is 0 Å². The third-order valence-electron chi connectivity index (χ3n) is 3.68. The van der Waals surface area contributed by atoms with Crippen LogP contribution in [-0.2, 0) is 11.3 Å². The Labute approximate surface area is 122 Å². The molecule has 2 N–H and O–H groups in total. The number of rotatable bonds is 7. The average Bonchev–Trinajstić information content (AvgIpc) is 2.65. The summed E-state index contributed by atoms with van der Waals surface area (Å²) in [7, 11) is 4.13. The number of hydrogen-bond acceptors (Lipinski definition) is 4. The van der Waals surface area contributed by atoms with Gasteiger partial charge >= 0.3 is 0 Å². The minimum Gasteiger partial charge on any atom is -0.379 e. The summed E-state index contributed by atoms with van der Waals surface area (Å²) in [5, 5.41) is 7.11. The molecule has 1 aromatic rings. The van der Waals surface area contributed by atoms with Crippen LogP contribution in [0, 0.1) is 0 Å². The molecule has 0 saturated carbocycles. The lowest BCUT2D eigenvalue weighted by atomic mass is 9.99. The van der Waals surface area contributed by atoms with Crippen LogP contribution >= 0.6 is 0 Å². The molecule has 0 bridgehead atoms. The van der Waals surface area contributed by atoms with Crippen molar-refractivity contribution in [2.45, 2.75) is 19.0 Å². The van der Waals surface area contributed by atoms with Gasteiger partial charge in [0.2, 0.25) is 0 Å². The van der Waals surface area contributed by atoms with Crippen LogP contribution in [0.3, 0.4) is 0 Å². The minimum atomic E-state index is 0.443. The summed E-state index contributed by atoms with van der Waals surface area (Å²) in [4.78, 5) is 2.14. The normalized spacial score (nSPS) is 18.9. The molecule has 1 aliphatic heterocycles. The maximum atomic E-state index is 5.63. The van der Waals surface area contributed by atoms with Gasteiger partial charge in [0.05, 0.1) is 13.2 Å². The molecule has 1 atom stereocenters. The Morgan fingerprint density at radius 2 is 2.15 bits per heavy atom. The van der Waals surface area contributed by atoms with E-state index in [-0.39, 0.29) is 0 Å². The average molecular weight is 277 g/mol. The van der Waals surface area contributed by atoms with Gasteiger partial charge in [-0.25, -0.2) is 0 Å². The van der Waals surface area contributed by atoms with Crippen LogP contribution in [0.15, 0.2) is 24.3 Å². The number of benzene rings is 1. The standard InChI is InChI=1S/C16H27N3O/c1-19(2)10-12-20-11-9-18-16-7-8-17-13-14-5-3-4-6-15(14)16/h3-6,16-18H,7-13H2,1-2H3. The van der Waals surface area contributed by atoms with Crippen LogP contribution in [0.5, 0.6) is 0 Å². The van der Waals surface area contributed by atoms with E-state index in [2.05, 4.69) is 53.9 Å². The van der Waals surface area contributed by atoms with Gasteiger partial charge in [-0.1, -0.05) is 24.3 Å². The fraction of sp³-hybridized carbons (Fsp3) is 0.625. The monoisotopic (exact) mass is 277 g/mol. The van der Waals surface area contributed by atoms with E-state index in [1.807, 2.05) is 0 Å². The largest absolute Gasteiger partial charge is 0.379 e. The molecule has 0 aromatic heterocycles. The first-order valence-corrected chi connectivity index (χ1v) is 7.52. The molecule has 20 heavy (non-hydrogen) atoms. The summed E-state index contributed by atoms with van der Waals surface area (Å²) >= 11 is 0. The molecule has 4 heteroatoms. The topological polar surface area (TPSA) is 36.5 Å². The summed E-state index contributed by atoms with van der Waals surface area (Å²) in [5.74, 6) is 0. The number of nitrogens with one attached hydrogen (secondary N) is 2. The molecule has 1 unspecified atom stereocenters. The van der Waals surface area contributed by atoms with Crippen molar-refractivity contribution in [3.8, 4) is 0 Å². The van der Waals surface area contributed by atoms with E-state index in [1.54, 1.807) is 0 Å². The molecule has 1 heterocycles. The molecule has 4 nitrogen and oxygen atoms in total. The van der Waals surface area contributed by atoms with E-state index < -0.39 is 0 Å². The van der Waals surface area contributed by atoms with Gasteiger partial charge in [0.15, 0.2) is 0 Å². The Hall–Kier alpha value is -0.940. The maximum absolute atomic E-state index is 5.63. The molecule has 1 aliphatic rings. The Morgan fingerprint density at radius 1 is 1.30 bits per heavy atom. The Balaban J connectivity index is 1.75. The molecule has 0 spiro atoms. The summed E-state index contributed by atoms with van der Waals surface area (Å²) in [6.45, 7) is 5.52. The predicted molar refractivity (Wildman–Crippen MR) is 82.9 cm³/mol. The fourth-order valence-corrected chi connectivity index (χ4v) is 2.53. The van der Waals surface area contributed by atoms with Crippen molar-refractivity contribution in [1.29, 1.82) is 0 Å². The van der Waals surface area contributed by atoms with Crippen molar-refractivity contribution in [3.05, 3.63) is 35.4 Å². The number of nitrogens with zero attached hydrogens (tertiary/aromatic N) is 1. The molecular formula is C16H27N3O. The Morgan fingerprint density at radius 3 is 3.00 bits per heavy atom. The zero-order valence-corrected chi connectivity index (χ0v) is 12.7. The van der Waals surface area contributed by atoms with E-state index in [4.69, 9.17) is 4.74 Å². The van der Waals surface area contributed by atoms with Crippen LogP contribution in [0.2, 0.25) is 0 Å². The van der Waals surface area contributed by atoms with Crippen LogP contribution in [0.25, 0.3) is 0 Å². The lowest BCUT2D eigenvalue weighted by Crippen LogP contribution is -2.27. The zero-order chi connectivity index (χ0) is 14.2. The minimum absolute atomic E-state index is 0.443. The van der Waals surface area contributed by atoms with E-state index in [0.29, 0.717) is 6.04 Å². The van der Waals surface area contributed by atoms with Gasteiger partial charge in [-0.15, -0.1) is 0 Å². The lowest BCUT2D eigenvalue weighted by molar-refractivity contribution is 0.117. The summed E-state index contributed by atoms with van der Waals surface area (Å²) in [5.41, 5.74) is 2.85. The van der Waals surface area contributed by atoms with Gasteiger partial charge in [-0.05, 0) is 38.2 Å². The highest BCUT2D eigenvalue weighted by atomic mass is 16.5. The van der Waals surface area contributed by atoms with Crippen molar-refractivity contribution < 1.29 is 4.74 Å². The zero-order valence-electron chi connectivity index (χ0n) is 12.7. The van der Waals surface area contributed by atoms with Crippen molar-refractivity contribution in [3.63, 3.8) is 0 Å². The Bertz CT molecular complexity index is 395. The second kappa shape index (κ2) is 8.37. The SMILES string of the molecule is CN(C)CCOCCNC1CCNCc2ccccc21. The lowest BCUT2D eigenvalue weighted by Gasteiger charge is -2.19. The highest BCUT2D eigenvalue weighted by Crippen LogP contribution is 2.22. The molecular weight excluding hydrogens is 250 g/mol. The van der Waals surface area contributed by atoms with Crippen molar-refractivity contribution in [2.75, 3.05) is 46.9 Å². The van der Waals surface area contributed by atoms with Crippen molar-refractivity contribution in [2.24, 2.45) is 0 Å². The molecule has 1 aromatic carbocycles. The molecule has 112 valence electrons.